The van der Waals surface area contributed by atoms with Gasteiger partial charge >= 0.3 is 5.97 Å². The number of likely N-dealkylation sites (N-methyl/N-ethyl adjacent to an activating group) is 1. The molecule has 0 aromatic carbocycles. The molecule has 0 radical (unpaired) electrons. The average molecular weight is 294 g/mol. The molecule has 1 aliphatic heterocycles. The second-order valence-corrected chi connectivity index (χ2v) is 5.53. The Labute approximate surface area is 119 Å². The summed E-state index contributed by atoms with van der Waals surface area (Å²) in [7, 11) is 1.71. The van der Waals surface area contributed by atoms with Crippen molar-refractivity contribution in [2.75, 3.05) is 26.7 Å². The summed E-state index contributed by atoms with van der Waals surface area (Å²) in [6, 6.07) is 3.34. The summed E-state index contributed by atoms with van der Waals surface area (Å²) in [6.07, 6.45) is 2.47. The van der Waals surface area contributed by atoms with Gasteiger partial charge in [0.1, 0.15) is 6.54 Å². The Morgan fingerprint density at radius 1 is 1.35 bits per heavy atom. The molecule has 1 aliphatic rings. The quantitative estimate of drug-likeness (QED) is 0.835. The van der Waals surface area contributed by atoms with Gasteiger partial charge in [0.2, 0.25) is 5.91 Å². The maximum atomic E-state index is 12.2. The van der Waals surface area contributed by atoms with Gasteiger partial charge in [-0.2, -0.15) is 0 Å². The fourth-order valence-electron chi connectivity index (χ4n) is 1.80. The van der Waals surface area contributed by atoms with Gasteiger partial charge in [-0.3, -0.25) is 9.59 Å². The van der Waals surface area contributed by atoms with Gasteiger partial charge < -0.3 is 14.9 Å². The Hall–Kier alpha value is -2.15. The van der Waals surface area contributed by atoms with E-state index in [9.17, 15) is 14.4 Å². The third-order valence-corrected chi connectivity index (χ3v) is 4.01. The molecule has 6 nitrogen and oxygen atoms in total. The summed E-state index contributed by atoms with van der Waals surface area (Å²) in [6.45, 7) is 1.13. The molecule has 2 heterocycles. The number of carboxylic acids is 1. The highest BCUT2D eigenvalue weighted by Gasteiger charge is 2.26. The summed E-state index contributed by atoms with van der Waals surface area (Å²) in [5.74, 6) is -1.30. The number of hydrogen-bond donors (Lipinski definition) is 1. The number of rotatable bonds is 3. The van der Waals surface area contributed by atoms with Gasteiger partial charge in [0, 0.05) is 31.1 Å². The first kappa shape index (κ1) is 14.3. The van der Waals surface area contributed by atoms with Crippen LogP contribution in [0.4, 0.5) is 0 Å². The van der Waals surface area contributed by atoms with Gasteiger partial charge in [0.15, 0.2) is 0 Å². The van der Waals surface area contributed by atoms with Crippen molar-refractivity contribution in [1.82, 2.24) is 9.80 Å². The molecule has 0 spiro atoms. The minimum atomic E-state index is -1.03. The topological polar surface area (TPSA) is 77.9 Å². The van der Waals surface area contributed by atoms with Gasteiger partial charge in [-0.05, 0) is 18.2 Å². The van der Waals surface area contributed by atoms with E-state index in [2.05, 4.69) is 0 Å². The lowest BCUT2D eigenvalue weighted by molar-refractivity contribution is -0.133. The molecule has 0 saturated carbocycles. The standard InChI is InChI=1S/C13H14N2O4S/c1-14-6-7-15(8-11(14)16)13(19)10-4-2-9(20-10)3-5-12(17)18/h2-5H,6-8H2,1H3,(H,17,18). The molecule has 1 fully saturated rings. The number of thiophene rings is 1. The van der Waals surface area contributed by atoms with Gasteiger partial charge in [0.05, 0.1) is 4.88 Å². The predicted octanol–water partition coefficient (Wildman–Crippen LogP) is 0.760. The largest absolute Gasteiger partial charge is 0.478 e. The summed E-state index contributed by atoms with van der Waals surface area (Å²) < 4.78 is 0. The summed E-state index contributed by atoms with van der Waals surface area (Å²) in [5.41, 5.74) is 0. The Morgan fingerprint density at radius 2 is 2.10 bits per heavy atom. The van der Waals surface area contributed by atoms with Crippen molar-refractivity contribution in [3.8, 4) is 0 Å². The van der Waals surface area contributed by atoms with Crippen molar-refractivity contribution in [2.45, 2.75) is 0 Å². The van der Waals surface area contributed by atoms with E-state index in [4.69, 9.17) is 5.11 Å². The molecule has 0 aliphatic carbocycles. The van der Waals surface area contributed by atoms with Crippen molar-refractivity contribution in [1.29, 1.82) is 0 Å². The smallest absolute Gasteiger partial charge is 0.328 e. The fraction of sp³-hybridized carbons (Fsp3) is 0.308. The maximum Gasteiger partial charge on any atom is 0.328 e. The van der Waals surface area contributed by atoms with Crippen LogP contribution < -0.4 is 0 Å². The molecule has 0 atom stereocenters. The van der Waals surface area contributed by atoms with Crippen molar-refractivity contribution < 1.29 is 19.5 Å². The molecule has 0 bridgehead atoms. The van der Waals surface area contributed by atoms with Crippen LogP contribution in [-0.4, -0.2) is 59.4 Å². The first-order chi connectivity index (χ1) is 9.47. The van der Waals surface area contributed by atoms with Crippen LogP contribution in [0.2, 0.25) is 0 Å². The van der Waals surface area contributed by atoms with E-state index in [1.165, 1.54) is 22.3 Å². The van der Waals surface area contributed by atoms with Crippen molar-refractivity contribution >= 4 is 35.2 Å². The second kappa shape index (κ2) is 5.87. The van der Waals surface area contributed by atoms with E-state index in [1.54, 1.807) is 24.1 Å². The minimum Gasteiger partial charge on any atom is -0.478 e. The Kier molecular flexibility index (Phi) is 4.19. The fourth-order valence-corrected chi connectivity index (χ4v) is 2.68. The molecule has 1 aromatic rings. The van der Waals surface area contributed by atoms with E-state index in [0.717, 1.165) is 6.08 Å². The van der Waals surface area contributed by atoms with E-state index < -0.39 is 5.97 Å². The molecule has 2 amide bonds. The number of carbonyl (C=O) groups is 3. The molecule has 1 N–H and O–H groups in total. The number of piperazine rings is 1. The summed E-state index contributed by atoms with van der Waals surface area (Å²) >= 11 is 1.21. The molecule has 0 unspecified atom stereocenters. The lowest BCUT2D eigenvalue weighted by Crippen LogP contribution is -2.50. The SMILES string of the molecule is CN1CCN(C(=O)c2ccc(C=CC(=O)O)s2)CC1=O. The summed E-state index contributed by atoms with van der Waals surface area (Å²) in [5, 5.41) is 8.55. The molecule has 20 heavy (non-hydrogen) atoms. The number of carboxylic acid groups (broad SMARTS) is 1. The maximum absolute atomic E-state index is 12.2. The van der Waals surface area contributed by atoms with Crippen LogP contribution in [-0.2, 0) is 9.59 Å². The first-order valence-corrected chi connectivity index (χ1v) is 6.83. The average Bonchev–Trinajstić information content (AvgIpc) is 2.87. The molecule has 7 heteroatoms. The van der Waals surface area contributed by atoms with E-state index in [1.807, 2.05) is 0 Å². The molecular weight excluding hydrogens is 280 g/mol. The zero-order valence-corrected chi connectivity index (χ0v) is 11.7. The Balaban J connectivity index is 2.06. The molecular formula is C13H14N2O4S. The second-order valence-electron chi connectivity index (χ2n) is 4.42. The lowest BCUT2D eigenvalue weighted by atomic mass is 10.3. The predicted molar refractivity (Wildman–Crippen MR) is 74.5 cm³/mol. The molecule has 1 aromatic heterocycles. The normalized spacial score (nSPS) is 15.9. The monoisotopic (exact) mass is 294 g/mol. The highest BCUT2D eigenvalue weighted by molar-refractivity contribution is 7.14. The Bertz CT molecular complexity index is 579. The van der Waals surface area contributed by atoms with E-state index in [-0.39, 0.29) is 18.4 Å². The van der Waals surface area contributed by atoms with Crippen LogP contribution in [0, 0.1) is 0 Å². The summed E-state index contributed by atoms with van der Waals surface area (Å²) in [4.78, 5) is 38.5. The number of aliphatic carboxylic acids is 1. The Morgan fingerprint density at radius 3 is 2.75 bits per heavy atom. The van der Waals surface area contributed by atoms with Crippen molar-refractivity contribution in [3.05, 3.63) is 28.0 Å². The zero-order chi connectivity index (χ0) is 14.7. The van der Waals surface area contributed by atoms with Crippen LogP contribution in [0.25, 0.3) is 6.08 Å². The number of nitrogens with zero attached hydrogens (tertiary/aromatic N) is 2. The van der Waals surface area contributed by atoms with Crippen molar-refractivity contribution in [3.63, 3.8) is 0 Å². The lowest BCUT2D eigenvalue weighted by Gasteiger charge is -2.31. The van der Waals surface area contributed by atoms with Gasteiger partial charge in [-0.25, -0.2) is 4.79 Å². The highest BCUT2D eigenvalue weighted by Crippen LogP contribution is 2.20. The minimum absolute atomic E-state index is 0.0767. The number of carbonyl (C=O) groups excluding carboxylic acids is 2. The van der Waals surface area contributed by atoms with Crippen LogP contribution >= 0.6 is 11.3 Å². The zero-order valence-electron chi connectivity index (χ0n) is 10.9. The third-order valence-electron chi connectivity index (χ3n) is 2.97. The third kappa shape index (κ3) is 3.24. The highest BCUT2D eigenvalue weighted by atomic mass is 32.1. The van der Waals surface area contributed by atoms with Crippen LogP contribution in [0.1, 0.15) is 14.5 Å². The molecule has 2 rings (SSSR count). The number of amides is 2. The van der Waals surface area contributed by atoms with Gasteiger partial charge in [0.25, 0.3) is 5.91 Å². The van der Waals surface area contributed by atoms with Crippen LogP contribution in [0.3, 0.4) is 0 Å². The molecule has 1 saturated heterocycles. The van der Waals surface area contributed by atoms with Gasteiger partial charge in [-0.15, -0.1) is 11.3 Å². The molecule has 106 valence electrons. The van der Waals surface area contributed by atoms with Crippen molar-refractivity contribution in [2.24, 2.45) is 0 Å². The van der Waals surface area contributed by atoms with Crippen LogP contribution in [0.5, 0.6) is 0 Å². The van der Waals surface area contributed by atoms with E-state index in [0.29, 0.717) is 22.8 Å². The van der Waals surface area contributed by atoms with Gasteiger partial charge in [-0.1, -0.05) is 0 Å². The number of hydrogen-bond acceptors (Lipinski definition) is 4. The van der Waals surface area contributed by atoms with Crippen LogP contribution in [0.15, 0.2) is 18.2 Å². The first-order valence-electron chi connectivity index (χ1n) is 6.01. The van der Waals surface area contributed by atoms with E-state index >= 15 is 0 Å².